The van der Waals surface area contributed by atoms with Crippen molar-refractivity contribution in [3.63, 3.8) is 0 Å². The van der Waals surface area contributed by atoms with Crippen LogP contribution in [0.3, 0.4) is 0 Å². The lowest BCUT2D eigenvalue weighted by Crippen LogP contribution is -2.15. The maximum atomic E-state index is 9.00. The number of aromatic nitrogens is 2. The van der Waals surface area contributed by atoms with E-state index in [2.05, 4.69) is 63.8 Å². The number of hydrogen-bond donors (Lipinski definition) is 4. The van der Waals surface area contributed by atoms with E-state index in [0.29, 0.717) is 5.82 Å². The molecular formula is C21H29N5O4Si. The van der Waals surface area contributed by atoms with E-state index in [9.17, 15) is 0 Å². The normalized spacial score (nSPS) is 11.6. The number of aliphatic imine (C=N–C) groups is 1. The van der Waals surface area contributed by atoms with E-state index >= 15 is 0 Å². The molecule has 0 amide bonds. The summed E-state index contributed by atoms with van der Waals surface area (Å²) >= 11 is 0. The van der Waals surface area contributed by atoms with Gasteiger partial charge in [0.25, 0.3) is 11.9 Å². The van der Waals surface area contributed by atoms with Crippen molar-refractivity contribution in [3.05, 3.63) is 46.8 Å². The number of aliphatic carboxylic acids is 2. The molecule has 0 unspecified atom stereocenters. The molecule has 0 saturated heterocycles. The third-order valence-electron chi connectivity index (χ3n) is 3.51. The van der Waals surface area contributed by atoms with Gasteiger partial charge in [0.2, 0.25) is 5.95 Å². The van der Waals surface area contributed by atoms with Crippen LogP contribution >= 0.6 is 0 Å². The predicted molar refractivity (Wildman–Crippen MR) is 126 cm³/mol. The number of nitrogen functional groups attached to an aromatic ring is 1. The van der Waals surface area contributed by atoms with E-state index in [-0.39, 0.29) is 5.95 Å². The van der Waals surface area contributed by atoms with Crippen molar-refractivity contribution in [2.24, 2.45) is 4.99 Å². The zero-order valence-corrected chi connectivity index (χ0v) is 19.4. The fraction of sp³-hybridized carbons (Fsp3) is 0.286. The number of anilines is 3. The van der Waals surface area contributed by atoms with Crippen LogP contribution in [0.15, 0.2) is 35.1 Å². The number of carboxylic acids is 2. The van der Waals surface area contributed by atoms with Crippen LogP contribution in [0.25, 0.3) is 6.08 Å². The van der Waals surface area contributed by atoms with Gasteiger partial charge in [-0.2, -0.15) is 4.98 Å². The van der Waals surface area contributed by atoms with Gasteiger partial charge in [0.15, 0.2) is 0 Å². The molecule has 10 heteroatoms. The van der Waals surface area contributed by atoms with E-state index in [1.54, 1.807) is 12.3 Å². The van der Waals surface area contributed by atoms with Gasteiger partial charge in [0.05, 0.1) is 14.6 Å². The molecule has 0 spiro atoms. The zero-order chi connectivity index (χ0) is 23.6. The van der Waals surface area contributed by atoms with Crippen molar-refractivity contribution in [1.82, 2.24) is 9.97 Å². The van der Waals surface area contributed by atoms with E-state index in [0.717, 1.165) is 31.6 Å². The first-order valence-electron chi connectivity index (χ1n) is 9.48. The molecule has 0 aliphatic carbocycles. The highest BCUT2D eigenvalue weighted by Gasteiger charge is 2.14. The standard InChI is InChI=1S/C17H21N5Si.2C2H4O2/c1-23(2,3)7-5-12-8-14(9-13-10-19-11-15(12)13)21-16-4-6-20-17(18)22-16;2*1-2(3)4/h4-10H,11H2,1-3H3,(H3,18,20,21,22);2*1H3,(H,3,4)/b7-5+;;. The first-order chi connectivity index (χ1) is 14.4. The Kier molecular flexibility index (Phi) is 9.54. The maximum absolute atomic E-state index is 9.00. The molecule has 1 aromatic heterocycles. The maximum Gasteiger partial charge on any atom is 0.300 e. The minimum absolute atomic E-state index is 0.261. The second-order valence-corrected chi connectivity index (χ2v) is 12.8. The lowest BCUT2D eigenvalue weighted by Gasteiger charge is -2.12. The molecule has 1 aliphatic heterocycles. The fourth-order valence-corrected chi connectivity index (χ4v) is 3.08. The Balaban J connectivity index is 0.000000519. The van der Waals surface area contributed by atoms with E-state index in [4.69, 9.17) is 25.5 Å². The Labute approximate surface area is 182 Å². The number of nitrogens with zero attached hydrogens (tertiary/aromatic N) is 3. The van der Waals surface area contributed by atoms with Crippen LogP contribution < -0.4 is 11.1 Å². The first kappa shape index (κ1) is 25.5. The van der Waals surface area contributed by atoms with E-state index < -0.39 is 20.0 Å². The van der Waals surface area contributed by atoms with Crippen LogP contribution in [0.5, 0.6) is 0 Å². The van der Waals surface area contributed by atoms with Crippen molar-refractivity contribution in [3.8, 4) is 0 Å². The van der Waals surface area contributed by atoms with Gasteiger partial charge in [-0.3, -0.25) is 14.6 Å². The largest absolute Gasteiger partial charge is 0.481 e. The number of benzene rings is 1. The average Bonchev–Trinajstić information content (AvgIpc) is 3.06. The van der Waals surface area contributed by atoms with Crippen LogP contribution in [0.2, 0.25) is 19.6 Å². The molecule has 9 nitrogen and oxygen atoms in total. The van der Waals surface area contributed by atoms with Gasteiger partial charge in [0, 0.05) is 31.9 Å². The molecular weight excluding hydrogens is 414 g/mol. The summed E-state index contributed by atoms with van der Waals surface area (Å²) in [4.78, 5) is 30.5. The number of hydrogen-bond acceptors (Lipinski definition) is 7. The number of nitrogens with one attached hydrogen (secondary N) is 1. The lowest BCUT2D eigenvalue weighted by molar-refractivity contribution is -0.135. The van der Waals surface area contributed by atoms with Crippen molar-refractivity contribution in [1.29, 1.82) is 0 Å². The molecule has 0 bridgehead atoms. The van der Waals surface area contributed by atoms with Gasteiger partial charge in [-0.15, -0.1) is 0 Å². The monoisotopic (exact) mass is 443 g/mol. The van der Waals surface area contributed by atoms with Crippen LogP contribution in [0, 0.1) is 0 Å². The van der Waals surface area contributed by atoms with Crippen molar-refractivity contribution in [2.45, 2.75) is 40.0 Å². The van der Waals surface area contributed by atoms with Gasteiger partial charge in [-0.1, -0.05) is 31.4 Å². The predicted octanol–water partition coefficient (Wildman–Crippen LogP) is 3.81. The molecule has 0 radical (unpaired) electrons. The highest BCUT2D eigenvalue weighted by molar-refractivity contribution is 6.81. The molecule has 0 atom stereocenters. The Morgan fingerprint density at radius 1 is 1.16 bits per heavy atom. The van der Waals surface area contributed by atoms with Crippen molar-refractivity contribution in [2.75, 3.05) is 11.1 Å². The third-order valence-corrected chi connectivity index (χ3v) is 4.67. The summed E-state index contributed by atoms with van der Waals surface area (Å²) in [6, 6.07) is 6.04. The molecule has 31 heavy (non-hydrogen) atoms. The van der Waals surface area contributed by atoms with Crippen molar-refractivity contribution >= 4 is 49.8 Å². The lowest BCUT2D eigenvalue weighted by atomic mass is 10.0. The Morgan fingerprint density at radius 3 is 2.32 bits per heavy atom. The molecule has 2 heterocycles. The Bertz CT molecular complexity index is 964. The molecule has 0 fully saturated rings. The number of rotatable bonds is 4. The van der Waals surface area contributed by atoms with Crippen LogP contribution in [0.1, 0.15) is 30.5 Å². The van der Waals surface area contributed by atoms with Crippen LogP contribution in [-0.4, -0.2) is 46.4 Å². The highest BCUT2D eigenvalue weighted by Crippen LogP contribution is 2.27. The van der Waals surface area contributed by atoms with Gasteiger partial charge < -0.3 is 21.3 Å². The number of carbonyl (C=O) groups is 2. The van der Waals surface area contributed by atoms with Crippen molar-refractivity contribution < 1.29 is 19.8 Å². The second kappa shape index (κ2) is 11.6. The van der Waals surface area contributed by atoms with Gasteiger partial charge in [0.1, 0.15) is 5.82 Å². The summed E-state index contributed by atoms with van der Waals surface area (Å²) in [5.74, 6) is -0.718. The third kappa shape index (κ3) is 10.7. The molecule has 166 valence electrons. The minimum atomic E-state index is -1.25. The second-order valence-electron chi connectivity index (χ2n) is 7.77. The summed E-state index contributed by atoms with van der Waals surface area (Å²) in [6.07, 6.45) is 5.81. The van der Waals surface area contributed by atoms with Crippen LogP contribution in [-0.2, 0) is 16.1 Å². The smallest absolute Gasteiger partial charge is 0.300 e. The summed E-state index contributed by atoms with van der Waals surface area (Å²) < 4.78 is 0. The Morgan fingerprint density at radius 2 is 1.77 bits per heavy atom. The van der Waals surface area contributed by atoms with E-state index in [1.165, 1.54) is 11.1 Å². The summed E-state index contributed by atoms with van der Waals surface area (Å²) in [7, 11) is -1.25. The zero-order valence-electron chi connectivity index (χ0n) is 18.4. The highest BCUT2D eigenvalue weighted by atomic mass is 28.3. The summed E-state index contributed by atoms with van der Waals surface area (Å²) in [5, 5.41) is 18.1. The van der Waals surface area contributed by atoms with Gasteiger partial charge >= 0.3 is 0 Å². The van der Waals surface area contributed by atoms with Crippen LogP contribution in [0.4, 0.5) is 17.5 Å². The molecule has 0 saturated carbocycles. The first-order valence-corrected chi connectivity index (χ1v) is 13.1. The molecule has 2 aromatic rings. The SMILES string of the molecule is CC(=O)O.CC(=O)O.C[Si](C)(C)/C=C/c1cc(Nc2ccnc(N)n2)cc2c1CN=C2. The fourth-order valence-electron chi connectivity index (χ4n) is 2.40. The minimum Gasteiger partial charge on any atom is -0.481 e. The summed E-state index contributed by atoms with van der Waals surface area (Å²) in [6.45, 7) is 9.89. The summed E-state index contributed by atoms with van der Waals surface area (Å²) in [5.41, 5.74) is 12.6. The number of nitrogens with two attached hydrogens (primary N) is 1. The molecule has 1 aliphatic rings. The van der Waals surface area contributed by atoms with E-state index in [1.807, 2.05) is 6.21 Å². The average molecular weight is 444 g/mol. The molecule has 3 rings (SSSR count). The van der Waals surface area contributed by atoms with Gasteiger partial charge in [-0.25, -0.2) is 4.98 Å². The number of fused-ring (bicyclic) bond motifs is 1. The molecule has 5 N–H and O–H groups in total. The van der Waals surface area contributed by atoms with Gasteiger partial charge in [-0.05, 0) is 34.9 Å². The quantitative estimate of drug-likeness (QED) is 0.521. The number of carboxylic acid groups (broad SMARTS) is 2. The topological polar surface area (TPSA) is 151 Å². The molecule has 1 aromatic carbocycles. The Hall–Kier alpha value is -3.53.